The first kappa shape index (κ1) is 23.3. The lowest BCUT2D eigenvalue weighted by Gasteiger charge is -2.35. The smallest absolute Gasteiger partial charge is 0.257 e. The number of anilines is 2. The Morgan fingerprint density at radius 3 is 2.16 bits per heavy atom. The fourth-order valence-corrected chi connectivity index (χ4v) is 3.72. The summed E-state index contributed by atoms with van der Waals surface area (Å²) in [4.78, 5) is 40.0. The summed E-state index contributed by atoms with van der Waals surface area (Å²) in [5, 5.41) is 5.76. The number of methoxy groups -OCH3 is 1. The van der Waals surface area contributed by atoms with E-state index in [1.807, 2.05) is 25.7 Å². The number of piperidine rings is 1. The third-order valence-corrected chi connectivity index (χ3v) is 5.57. The molecule has 1 fully saturated rings. The highest BCUT2D eigenvalue weighted by atomic mass is 16.5. The summed E-state index contributed by atoms with van der Waals surface area (Å²) in [5.74, 6) is 0.175. The van der Waals surface area contributed by atoms with Crippen LogP contribution in [0.2, 0.25) is 0 Å². The first-order valence-corrected chi connectivity index (χ1v) is 10.8. The lowest BCUT2D eigenvalue weighted by Crippen LogP contribution is -2.45. The topological polar surface area (TPSA) is 87.7 Å². The molecule has 3 amide bonds. The number of nitrogens with one attached hydrogen (secondary N) is 2. The molecule has 3 rings (SSSR count). The molecule has 2 aromatic carbocycles. The monoisotopic (exact) mass is 437 g/mol. The Kier molecular flexibility index (Phi) is 7.18. The molecular weight excluding hydrogens is 406 g/mol. The molecule has 0 aromatic heterocycles. The zero-order chi connectivity index (χ0) is 23.3. The molecule has 0 unspecified atom stereocenters. The molecule has 0 radical (unpaired) electrons. The number of rotatable bonds is 5. The minimum Gasteiger partial charge on any atom is -0.497 e. The quantitative estimate of drug-likeness (QED) is 0.735. The molecule has 0 spiro atoms. The van der Waals surface area contributed by atoms with Gasteiger partial charge in [0.2, 0.25) is 11.8 Å². The SMILES string of the molecule is COc1ccc(NC(=O)c2ccccc2NC(=O)C2CCN(C(=O)C(C)(C)C)CC2)cc1. The van der Waals surface area contributed by atoms with Crippen molar-refractivity contribution in [2.75, 3.05) is 30.8 Å². The van der Waals surface area contributed by atoms with Crippen molar-refractivity contribution in [1.29, 1.82) is 0 Å². The van der Waals surface area contributed by atoms with Gasteiger partial charge in [-0.3, -0.25) is 14.4 Å². The van der Waals surface area contributed by atoms with Crippen molar-refractivity contribution in [3.8, 4) is 5.75 Å². The second-order valence-electron chi connectivity index (χ2n) is 9.03. The normalized spacial score (nSPS) is 14.6. The Hall–Kier alpha value is -3.35. The van der Waals surface area contributed by atoms with E-state index in [1.165, 1.54) is 0 Å². The average molecular weight is 438 g/mol. The summed E-state index contributed by atoms with van der Waals surface area (Å²) in [6.45, 7) is 6.84. The number of amides is 3. The van der Waals surface area contributed by atoms with Gasteiger partial charge in [0.25, 0.3) is 5.91 Å². The fourth-order valence-electron chi connectivity index (χ4n) is 3.72. The second-order valence-corrected chi connectivity index (χ2v) is 9.03. The summed E-state index contributed by atoms with van der Waals surface area (Å²) in [6.07, 6.45) is 1.21. The van der Waals surface area contributed by atoms with Gasteiger partial charge in [0.15, 0.2) is 0 Å². The maximum atomic E-state index is 12.9. The third kappa shape index (κ3) is 5.66. The maximum absolute atomic E-state index is 12.9. The zero-order valence-electron chi connectivity index (χ0n) is 19.1. The summed E-state index contributed by atoms with van der Waals surface area (Å²) < 4.78 is 5.13. The van der Waals surface area contributed by atoms with E-state index in [1.54, 1.807) is 55.6 Å². The number of carbonyl (C=O) groups excluding carboxylic acids is 3. The van der Waals surface area contributed by atoms with Crippen molar-refractivity contribution >= 4 is 29.1 Å². The van der Waals surface area contributed by atoms with E-state index in [0.717, 1.165) is 0 Å². The third-order valence-electron chi connectivity index (χ3n) is 5.57. The van der Waals surface area contributed by atoms with Crippen LogP contribution in [0.15, 0.2) is 48.5 Å². The van der Waals surface area contributed by atoms with Crippen molar-refractivity contribution in [2.45, 2.75) is 33.6 Å². The van der Waals surface area contributed by atoms with Crippen LogP contribution in [0.1, 0.15) is 44.0 Å². The number of likely N-dealkylation sites (tertiary alicyclic amines) is 1. The average Bonchev–Trinajstić information content (AvgIpc) is 2.79. The van der Waals surface area contributed by atoms with Crippen LogP contribution in [-0.4, -0.2) is 42.8 Å². The highest BCUT2D eigenvalue weighted by Crippen LogP contribution is 2.26. The molecule has 7 heteroatoms. The fraction of sp³-hybridized carbons (Fsp3) is 0.400. The summed E-state index contributed by atoms with van der Waals surface area (Å²) in [5.41, 5.74) is 1.06. The second kappa shape index (κ2) is 9.85. The molecule has 0 bridgehead atoms. The Morgan fingerprint density at radius 1 is 0.938 bits per heavy atom. The van der Waals surface area contributed by atoms with Gasteiger partial charge >= 0.3 is 0 Å². The molecule has 0 saturated carbocycles. The van der Waals surface area contributed by atoms with Crippen LogP contribution >= 0.6 is 0 Å². The molecule has 1 heterocycles. The Morgan fingerprint density at radius 2 is 1.56 bits per heavy atom. The highest BCUT2D eigenvalue weighted by molar-refractivity contribution is 6.10. The number of carbonyl (C=O) groups is 3. The van der Waals surface area contributed by atoms with Crippen molar-refractivity contribution < 1.29 is 19.1 Å². The number of para-hydroxylation sites is 1. The molecule has 1 aliphatic rings. The first-order chi connectivity index (χ1) is 15.2. The van der Waals surface area contributed by atoms with Gasteiger partial charge in [0.05, 0.1) is 18.4 Å². The van der Waals surface area contributed by atoms with Crippen LogP contribution in [0.3, 0.4) is 0 Å². The summed E-state index contributed by atoms with van der Waals surface area (Å²) in [7, 11) is 1.58. The van der Waals surface area contributed by atoms with E-state index in [9.17, 15) is 14.4 Å². The Balaban J connectivity index is 1.62. The maximum Gasteiger partial charge on any atom is 0.257 e. The number of hydrogen-bond acceptors (Lipinski definition) is 4. The van der Waals surface area contributed by atoms with Crippen LogP contribution in [0, 0.1) is 11.3 Å². The molecule has 2 aromatic rings. The summed E-state index contributed by atoms with van der Waals surface area (Å²) >= 11 is 0. The van der Waals surface area contributed by atoms with Gasteiger partial charge < -0.3 is 20.3 Å². The van der Waals surface area contributed by atoms with E-state index in [2.05, 4.69) is 10.6 Å². The minimum atomic E-state index is -0.425. The number of nitrogens with zero attached hydrogens (tertiary/aromatic N) is 1. The van der Waals surface area contributed by atoms with Crippen molar-refractivity contribution in [3.63, 3.8) is 0 Å². The van der Waals surface area contributed by atoms with Gasteiger partial charge in [0, 0.05) is 30.1 Å². The van der Waals surface area contributed by atoms with Crippen molar-refractivity contribution in [1.82, 2.24) is 4.90 Å². The molecule has 1 aliphatic heterocycles. The summed E-state index contributed by atoms with van der Waals surface area (Å²) in [6, 6.07) is 14.0. The molecule has 32 heavy (non-hydrogen) atoms. The molecule has 7 nitrogen and oxygen atoms in total. The van der Waals surface area contributed by atoms with Crippen LogP contribution in [0.4, 0.5) is 11.4 Å². The van der Waals surface area contributed by atoms with Gasteiger partial charge in [-0.2, -0.15) is 0 Å². The molecule has 0 aliphatic carbocycles. The van der Waals surface area contributed by atoms with Crippen molar-refractivity contribution in [2.24, 2.45) is 11.3 Å². The van der Waals surface area contributed by atoms with Crippen LogP contribution in [-0.2, 0) is 9.59 Å². The molecule has 1 saturated heterocycles. The van der Waals surface area contributed by atoms with Gasteiger partial charge in [-0.1, -0.05) is 32.9 Å². The van der Waals surface area contributed by atoms with Crippen LogP contribution in [0.25, 0.3) is 0 Å². The Bertz CT molecular complexity index is 971. The first-order valence-electron chi connectivity index (χ1n) is 10.8. The van der Waals surface area contributed by atoms with E-state index in [4.69, 9.17) is 4.74 Å². The molecule has 2 N–H and O–H groups in total. The van der Waals surface area contributed by atoms with Gasteiger partial charge in [0.1, 0.15) is 5.75 Å². The molecule has 170 valence electrons. The van der Waals surface area contributed by atoms with E-state index in [-0.39, 0.29) is 23.6 Å². The predicted molar refractivity (Wildman–Crippen MR) is 125 cm³/mol. The number of benzene rings is 2. The van der Waals surface area contributed by atoms with E-state index >= 15 is 0 Å². The number of hydrogen-bond donors (Lipinski definition) is 2. The zero-order valence-corrected chi connectivity index (χ0v) is 19.1. The largest absolute Gasteiger partial charge is 0.497 e. The molecule has 0 atom stereocenters. The standard InChI is InChI=1S/C25H31N3O4/c1-25(2,3)24(31)28-15-13-17(14-16-28)22(29)27-21-8-6-5-7-20(21)23(30)26-18-9-11-19(32-4)12-10-18/h5-12,17H,13-16H2,1-4H3,(H,26,30)(H,27,29). The minimum absolute atomic E-state index is 0.108. The molecular formula is C25H31N3O4. The Labute approximate surface area is 189 Å². The highest BCUT2D eigenvalue weighted by Gasteiger charge is 2.32. The van der Waals surface area contributed by atoms with E-state index < -0.39 is 5.41 Å². The van der Waals surface area contributed by atoms with Gasteiger partial charge in [-0.05, 0) is 49.2 Å². The van der Waals surface area contributed by atoms with Crippen molar-refractivity contribution in [3.05, 3.63) is 54.1 Å². The lowest BCUT2D eigenvalue weighted by atomic mass is 9.90. The number of ether oxygens (including phenoxy) is 1. The predicted octanol–water partition coefficient (Wildman–Crippen LogP) is 4.17. The van der Waals surface area contributed by atoms with Gasteiger partial charge in [-0.25, -0.2) is 0 Å². The van der Waals surface area contributed by atoms with E-state index in [0.29, 0.717) is 48.6 Å². The van der Waals surface area contributed by atoms with Gasteiger partial charge in [-0.15, -0.1) is 0 Å². The van der Waals surface area contributed by atoms with Crippen LogP contribution in [0.5, 0.6) is 5.75 Å². The lowest BCUT2D eigenvalue weighted by molar-refractivity contribution is -0.142. The van der Waals surface area contributed by atoms with Crippen LogP contribution < -0.4 is 15.4 Å².